The quantitative estimate of drug-likeness (QED) is 0.674. The van der Waals surface area contributed by atoms with Gasteiger partial charge in [0.25, 0.3) is 6.02 Å². The highest BCUT2D eigenvalue weighted by Gasteiger charge is 2.17. The van der Waals surface area contributed by atoms with Crippen molar-refractivity contribution in [2.24, 2.45) is 4.99 Å². The SMILES string of the molecule is Cc1ccc(NC2=Nc3ccccc3-c3ccccc3O2)cc1. The minimum atomic E-state index is 0.478. The Labute approximate surface area is 135 Å². The molecule has 0 atom stereocenters. The molecule has 0 unspecified atom stereocenters. The molecule has 0 radical (unpaired) electrons. The van der Waals surface area contributed by atoms with Crippen LogP contribution < -0.4 is 10.1 Å². The van der Waals surface area contributed by atoms with Crippen molar-refractivity contribution in [3.05, 3.63) is 78.4 Å². The summed E-state index contributed by atoms with van der Waals surface area (Å²) < 4.78 is 6.01. The van der Waals surface area contributed by atoms with E-state index in [0.717, 1.165) is 28.3 Å². The van der Waals surface area contributed by atoms with E-state index in [0.29, 0.717) is 6.02 Å². The van der Waals surface area contributed by atoms with Gasteiger partial charge in [-0.05, 0) is 31.2 Å². The van der Waals surface area contributed by atoms with Crippen LogP contribution in [0.2, 0.25) is 0 Å². The van der Waals surface area contributed by atoms with Gasteiger partial charge in [-0.2, -0.15) is 4.99 Å². The number of anilines is 1. The van der Waals surface area contributed by atoms with E-state index in [1.165, 1.54) is 5.56 Å². The van der Waals surface area contributed by atoms with E-state index in [2.05, 4.69) is 41.5 Å². The third kappa shape index (κ3) is 2.69. The van der Waals surface area contributed by atoms with Gasteiger partial charge in [-0.1, -0.05) is 54.1 Å². The molecule has 0 spiro atoms. The Bertz CT molecular complexity index is 882. The number of amidine groups is 1. The highest BCUT2D eigenvalue weighted by atomic mass is 16.5. The van der Waals surface area contributed by atoms with Crippen LogP contribution in [0.15, 0.2) is 77.8 Å². The number of aliphatic imine (C=N–C) groups is 1. The molecule has 1 aliphatic heterocycles. The average molecular weight is 300 g/mol. The van der Waals surface area contributed by atoms with Gasteiger partial charge in [0.2, 0.25) is 0 Å². The van der Waals surface area contributed by atoms with Crippen molar-refractivity contribution in [3.63, 3.8) is 0 Å². The van der Waals surface area contributed by atoms with Crippen LogP contribution in [0.5, 0.6) is 5.75 Å². The van der Waals surface area contributed by atoms with E-state index in [1.54, 1.807) is 0 Å². The number of rotatable bonds is 1. The van der Waals surface area contributed by atoms with Crippen LogP contribution >= 0.6 is 0 Å². The van der Waals surface area contributed by atoms with Gasteiger partial charge in [0.1, 0.15) is 5.75 Å². The lowest BCUT2D eigenvalue weighted by molar-refractivity contribution is 0.553. The van der Waals surface area contributed by atoms with E-state index in [4.69, 9.17) is 4.74 Å². The first-order valence-corrected chi connectivity index (χ1v) is 7.58. The van der Waals surface area contributed by atoms with Gasteiger partial charge in [-0.3, -0.25) is 0 Å². The average Bonchev–Trinajstić information content (AvgIpc) is 2.73. The van der Waals surface area contributed by atoms with Crippen LogP contribution in [0.3, 0.4) is 0 Å². The molecule has 4 rings (SSSR count). The third-order valence-corrected chi connectivity index (χ3v) is 3.81. The Kier molecular flexibility index (Phi) is 3.31. The zero-order chi connectivity index (χ0) is 15.6. The smallest absolute Gasteiger partial charge is 0.300 e. The number of ether oxygens (including phenoxy) is 1. The molecule has 1 aliphatic rings. The van der Waals surface area contributed by atoms with Gasteiger partial charge in [0, 0.05) is 16.8 Å². The lowest BCUT2D eigenvalue weighted by atomic mass is 10.0. The molecule has 3 nitrogen and oxygen atoms in total. The highest BCUT2D eigenvalue weighted by molar-refractivity contribution is 5.97. The predicted octanol–water partition coefficient (Wildman–Crippen LogP) is 5.15. The maximum absolute atomic E-state index is 6.01. The Balaban J connectivity index is 1.78. The number of hydrogen-bond donors (Lipinski definition) is 1. The topological polar surface area (TPSA) is 33.6 Å². The molecule has 3 heteroatoms. The molecular weight excluding hydrogens is 284 g/mol. The summed E-state index contributed by atoms with van der Waals surface area (Å²) in [5.74, 6) is 0.802. The summed E-state index contributed by atoms with van der Waals surface area (Å²) in [4.78, 5) is 4.65. The predicted molar refractivity (Wildman–Crippen MR) is 94.4 cm³/mol. The Morgan fingerprint density at radius 1 is 0.783 bits per heavy atom. The van der Waals surface area contributed by atoms with Crippen molar-refractivity contribution in [2.45, 2.75) is 6.92 Å². The van der Waals surface area contributed by atoms with Crippen molar-refractivity contribution < 1.29 is 4.74 Å². The molecule has 0 saturated carbocycles. The molecule has 0 aromatic heterocycles. The highest BCUT2D eigenvalue weighted by Crippen LogP contribution is 2.38. The molecular formula is C20H16N2O. The van der Waals surface area contributed by atoms with Crippen molar-refractivity contribution in [1.82, 2.24) is 0 Å². The zero-order valence-electron chi connectivity index (χ0n) is 12.8. The third-order valence-electron chi connectivity index (χ3n) is 3.81. The van der Waals surface area contributed by atoms with Gasteiger partial charge >= 0.3 is 0 Å². The number of aryl methyl sites for hydroxylation is 1. The molecule has 0 amide bonds. The molecule has 0 fully saturated rings. The van der Waals surface area contributed by atoms with Crippen LogP contribution in [0.1, 0.15) is 5.56 Å². The number of hydrogen-bond acceptors (Lipinski definition) is 3. The first kappa shape index (κ1) is 13.6. The van der Waals surface area contributed by atoms with E-state index >= 15 is 0 Å². The first-order chi connectivity index (χ1) is 11.3. The van der Waals surface area contributed by atoms with Crippen LogP contribution in [0, 0.1) is 6.92 Å². The maximum Gasteiger partial charge on any atom is 0.300 e. The minimum absolute atomic E-state index is 0.478. The lowest BCUT2D eigenvalue weighted by Gasteiger charge is -2.11. The van der Waals surface area contributed by atoms with Crippen LogP contribution in [-0.2, 0) is 0 Å². The maximum atomic E-state index is 6.01. The largest absolute Gasteiger partial charge is 0.425 e. The summed E-state index contributed by atoms with van der Waals surface area (Å²) in [7, 11) is 0. The molecule has 1 heterocycles. The van der Waals surface area contributed by atoms with E-state index < -0.39 is 0 Å². The molecule has 0 saturated heterocycles. The van der Waals surface area contributed by atoms with Crippen LogP contribution in [0.4, 0.5) is 11.4 Å². The Morgan fingerprint density at radius 2 is 1.48 bits per heavy atom. The number of para-hydroxylation sites is 2. The van der Waals surface area contributed by atoms with E-state index in [1.807, 2.05) is 48.5 Å². The Hall–Kier alpha value is -3.07. The van der Waals surface area contributed by atoms with Gasteiger partial charge in [-0.25, -0.2) is 0 Å². The molecule has 3 aromatic carbocycles. The van der Waals surface area contributed by atoms with Gasteiger partial charge < -0.3 is 10.1 Å². The van der Waals surface area contributed by atoms with Gasteiger partial charge in [0.05, 0.1) is 5.69 Å². The normalized spacial score (nSPS) is 12.3. The summed E-state index contributed by atoms with van der Waals surface area (Å²) in [5.41, 5.74) is 5.18. The summed E-state index contributed by atoms with van der Waals surface area (Å²) in [6.45, 7) is 2.07. The molecule has 0 aliphatic carbocycles. The number of benzene rings is 3. The molecule has 1 N–H and O–H groups in total. The second-order valence-corrected chi connectivity index (χ2v) is 5.52. The number of fused-ring (bicyclic) bond motifs is 3. The fraction of sp³-hybridized carbons (Fsp3) is 0.0500. The second-order valence-electron chi connectivity index (χ2n) is 5.52. The zero-order valence-corrected chi connectivity index (χ0v) is 12.8. The van der Waals surface area contributed by atoms with Crippen LogP contribution in [0.25, 0.3) is 11.1 Å². The molecule has 0 bridgehead atoms. The second kappa shape index (κ2) is 5.61. The lowest BCUT2D eigenvalue weighted by Crippen LogP contribution is -2.18. The van der Waals surface area contributed by atoms with Gasteiger partial charge in [-0.15, -0.1) is 0 Å². The van der Waals surface area contributed by atoms with Crippen molar-refractivity contribution in [1.29, 1.82) is 0 Å². The van der Waals surface area contributed by atoms with E-state index in [9.17, 15) is 0 Å². The monoisotopic (exact) mass is 300 g/mol. The summed E-state index contributed by atoms with van der Waals surface area (Å²) in [6.07, 6.45) is 0. The van der Waals surface area contributed by atoms with Crippen molar-refractivity contribution in [3.8, 4) is 16.9 Å². The summed E-state index contributed by atoms with van der Waals surface area (Å²) in [6, 6.07) is 24.7. The standard InChI is InChI=1S/C20H16N2O/c1-14-10-12-15(13-11-14)21-20-22-18-8-4-2-6-16(18)17-7-3-5-9-19(17)23-20/h2-13H,1H3,(H,21,22). The minimum Gasteiger partial charge on any atom is -0.425 e. The molecule has 112 valence electrons. The van der Waals surface area contributed by atoms with Gasteiger partial charge in [0.15, 0.2) is 0 Å². The Morgan fingerprint density at radius 3 is 2.30 bits per heavy atom. The number of nitrogens with zero attached hydrogens (tertiary/aromatic N) is 1. The van der Waals surface area contributed by atoms with E-state index in [-0.39, 0.29) is 0 Å². The fourth-order valence-electron chi connectivity index (χ4n) is 2.63. The van der Waals surface area contributed by atoms with Crippen molar-refractivity contribution in [2.75, 3.05) is 5.32 Å². The first-order valence-electron chi connectivity index (χ1n) is 7.58. The molecule has 23 heavy (non-hydrogen) atoms. The fourth-order valence-corrected chi connectivity index (χ4v) is 2.63. The molecule has 3 aromatic rings. The van der Waals surface area contributed by atoms with Crippen molar-refractivity contribution >= 4 is 17.4 Å². The van der Waals surface area contributed by atoms with Crippen LogP contribution in [-0.4, -0.2) is 6.02 Å². The number of nitrogens with one attached hydrogen (secondary N) is 1. The summed E-state index contributed by atoms with van der Waals surface area (Å²) in [5, 5.41) is 3.26. The summed E-state index contributed by atoms with van der Waals surface area (Å²) >= 11 is 0.